The SMILES string of the molecule is CCOC(=O)Cc1cccc(-c2ccc3c(c2)OCO3)c1. The molecule has 4 nitrogen and oxygen atoms in total. The summed E-state index contributed by atoms with van der Waals surface area (Å²) in [5.41, 5.74) is 3.00. The fourth-order valence-electron chi connectivity index (χ4n) is 2.32. The highest BCUT2D eigenvalue weighted by Crippen LogP contribution is 2.36. The number of esters is 1. The Kier molecular flexibility index (Phi) is 3.77. The lowest BCUT2D eigenvalue weighted by molar-refractivity contribution is -0.142. The third-order valence-electron chi connectivity index (χ3n) is 3.29. The topological polar surface area (TPSA) is 44.8 Å². The van der Waals surface area contributed by atoms with Crippen LogP contribution < -0.4 is 9.47 Å². The van der Waals surface area contributed by atoms with E-state index in [1.165, 1.54) is 0 Å². The number of hydrogen-bond donors (Lipinski definition) is 0. The molecule has 0 radical (unpaired) electrons. The molecule has 0 spiro atoms. The standard InChI is InChI=1S/C17H16O4/c1-2-19-17(18)9-12-4-3-5-13(8-12)14-6-7-15-16(10-14)21-11-20-15/h3-8,10H,2,9,11H2,1H3. The average Bonchev–Trinajstić information content (AvgIpc) is 2.95. The van der Waals surface area contributed by atoms with Crippen molar-refractivity contribution in [3.05, 3.63) is 48.0 Å². The van der Waals surface area contributed by atoms with E-state index in [4.69, 9.17) is 14.2 Å². The van der Waals surface area contributed by atoms with Crippen LogP contribution >= 0.6 is 0 Å². The smallest absolute Gasteiger partial charge is 0.310 e. The fourth-order valence-corrected chi connectivity index (χ4v) is 2.32. The third-order valence-corrected chi connectivity index (χ3v) is 3.29. The minimum atomic E-state index is -0.208. The van der Waals surface area contributed by atoms with E-state index in [2.05, 4.69) is 0 Å². The molecule has 0 atom stereocenters. The zero-order valence-electron chi connectivity index (χ0n) is 11.8. The first-order valence-corrected chi connectivity index (χ1v) is 6.91. The van der Waals surface area contributed by atoms with Gasteiger partial charge in [-0.1, -0.05) is 30.3 Å². The van der Waals surface area contributed by atoms with Crippen molar-refractivity contribution in [2.45, 2.75) is 13.3 Å². The van der Waals surface area contributed by atoms with E-state index >= 15 is 0 Å². The number of benzene rings is 2. The van der Waals surface area contributed by atoms with Crippen LogP contribution in [0.2, 0.25) is 0 Å². The Morgan fingerprint density at radius 2 is 1.90 bits per heavy atom. The lowest BCUT2D eigenvalue weighted by Crippen LogP contribution is -2.07. The van der Waals surface area contributed by atoms with Gasteiger partial charge in [0.1, 0.15) is 0 Å². The van der Waals surface area contributed by atoms with Gasteiger partial charge >= 0.3 is 5.97 Å². The van der Waals surface area contributed by atoms with Gasteiger partial charge in [0, 0.05) is 0 Å². The van der Waals surface area contributed by atoms with E-state index in [1.54, 1.807) is 6.92 Å². The molecule has 108 valence electrons. The van der Waals surface area contributed by atoms with Crippen LogP contribution in [0.25, 0.3) is 11.1 Å². The van der Waals surface area contributed by atoms with E-state index in [1.807, 2.05) is 42.5 Å². The van der Waals surface area contributed by atoms with Crippen molar-refractivity contribution in [1.82, 2.24) is 0 Å². The van der Waals surface area contributed by atoms with Crippen molar-refractivity contribution in [2.24, 2.45) is 0 Å². The molecular formula is C17H16O4. The highest BCUT2D eigenvalue weighted by Gasteiger charge is 2.14. The Bertz CT molecular complexity index is 664. The molecule has 1 aliphatic heterocycles. The van der Waals surface area contributed by atoms with Crippen LogP contribution in [0.15, 0.2) is 42.5 Å². The quantitative estimate of drug-likeness (QED) is 0.809. The molecule has 3 rings (SSSR count). The molecule has 0 bridgehead atoms. The molecule has 0 N–H and O–H groups in total. The lowest BCUT2D eigenvalue weighted by Gasteiger charge is -2.06. The molecule has 0 saturated carbocycles. The summed E-state index contributed by atoms with van der Waals surface area (Å²) >= 11 is 0. The second-order valence-electron chi connectivity index (χ2n) is 4.75. The van der Waals surface area contributed by atoms with Gasteiger partial charge in [-0.3, -0.25) is 4.79 Å². The average molecular weight is 284 g/mol. The summed E-state index contributed by atoms with van der Waals surface area (Å²) < 4.78 is 15.7. The lowest BCUT2D eigenvalue weighted by atomic mass is 10.0. The number of ether oxygens (including phenoxy) is 3. The third kappa shape index (κ3) is 2.99. The van der Waals surface area contributed by atoms with Crippen LogP contribution in [0, 0.1) is 0 Å². The van der Waals surface area contributed by atoms with Crippen molar-refractivity contribution in [2.75, 3.05) is 13.4 Å². The van der Waals surface area contributed by atoms with Crippen molar-refractivity contribution in [3.8, 4) is 22.6 Å². The first kappa shape index (κ1) is 13.5. The molecule has 0 saturated heterocycles. The van der Waals surface area contributed by atoms with Crippen LogP contribution in [0.5, 0.6) is 11.5 Å². The van der Waals surface area contributed by atoms with Crippen LogP contribution in [0.1, 0.15) is 12.5 Å². The second-order valence-corrected chi connectivity index (χ2v) is 4.75. The van der Waals surface area contributed by atoms with E-state index in [9.17, 15) is 4.79 Å². The van der Waals surface area contributed by atoms with Gasteiger partial charge in [0.15, 0.2) is 11.5 Å². The van der Waals surface area contributed by atoms with Crippen molar-refractivity contribution in [1.29, 1.82) is 0 Å². The van der Waals surface area contributed by atoms with Crippen molar-refractivity contribution < 1.29 is 19.0 Å². The maximum Gasteiger partial charge on any atom is 0.310 e. The maximum absolute atomic E-state index is 11.6. The number of carbonyl (C=O) groups excluding carboxylic acids is 1. The van der Waals surface area contributed by atoms with Crippen molar-refractivity contribution >= 4 is 5.97 Å². The van der Waals surface area contributed by atoms with Crippen LogP contribution in [-0.4, -0.2) is 19.4 Å². The molecule has 0 fully saturated rings. The Balaban J connectivity index is 1.84. The molecule has 0 amide bonds. The van der Waals surface area contributed by atoms with Gasteiger partial charge in [0.05, 0.1) is 13.0 Å². The molecule has 2 aromatic rings. The molecular weight excluding hydrogens is 268 g/mol. The Morgan fingerprint density at radius 3 is 2.76 bits per heavy atom. The van der Waals surface area contributed by atoms with Gasteiger partial charge in [0.2, 0.25) is 6.79 Å². The van der Waals surface area contributed by atoms with Gasteiger partial charge in [-0.05, 0) is 35.7 Å². The highest BCUT2D eigenvalue weighted by atomic mass is 16.7. The monoisotopic (exact) mass is 284 g/mol. The number of rotatable bonds is 4. The fraction of sp³-hybridized carbons (Fsp3) is 0.235. The molecule has 4 heteroatoms. The van der Waals surface area contributed by atoms with E-state index in [0.717, 1.165) is 28.2 Å². The maximum atomic E-state index is 11.6. The molecule has 0 aromatic heterocycles. The Labute approximate surface area is 123 Å². The van der Waals surface area contributed by atoms with E-state index < -0.39 is 0 Å². The highest BCUT2D eigenvalue weighted by molar-refractivity contribution is 5.74. The largest absolute Gasteiger partial charge is 0.466 e. The summed E-state index contributed by atoms with van der Waals surface area (Å²) in [6.07, 6.45) is 0.284. The van der Waals surface area contributed by atoms with Gasteiger partial charge < -0.3 is 14.2 Å². The predicted octanol–water partition coefficient (Wildman–Crippen LogP) is 3.19. The Morgan fingerprint density at radius 1 is 1.10 bits per heavy atom. The summed E-state index contributed by atoms with van der Waals surface area (Å²) in [5.74, 6) is 1.31. The molecule has 0 aliphatic carbocycles. The van der Waals surface area contributed by atoms with Crippen LogP contribution in [0.3, 0.4) is 0 Å². The molecule has 1 heterocycles. The van der Waals surface area contributed by atoms with Crippen LogP contribution in [0.4, 0.5) is 0 Å². The van der Waals surface area contributed by atoms with Gasteiger partial charge in [0.25, 0.3) is 0 Å². The summed E-state index contributed by atoms with van der Waals surface area (Å²) in [5, 5.41) is 0. The summed E-state index contributed by atoms with van der Waals surface area (Å²) in [7, 11) is 0. The van der Waals surface area contributed by atoms with E-state index in [-0.39, 0.29) is 19.2 Å². The first-order chi connectivity index (χ1) is 10.3. The number of hydrogen-bond acceptors (Lipinski definition) is 4. The molecule has 1 aliphatic rings. The predicted molar refractivity (Wildman–Crippen MR) is 78.3 cm³/mol. The van der Waals surface area contributed by atoms with E-state index in [0.29, 0.717) is 6.61 Å². The molecule has 0 unspecified atom stereocenters. The van der Waals surface area contributed by atoms with Gasteiger partial charge in [-0.2, -0.15) is 0 Å². The Hall–Kier alpha value is -2.49. The normalized spacial score (nSPS) is 12.2. The minimum Gasteiger partial charge on any atom is -0.466 e. The minimum absolute atomic E-state index is 0.208. The zero-order valence-corrected chi connectivity index (χ0v) is 11.8. The summed E-state index contributed by atoms with van der Waals surface area (Å²) in [6.45, 7) is 2.48. The number of carbonyl (C=O) groups is 1. The molecule has 21 heavy (non-hydrogen) atoms. The van der Waals surface area contributed by atoms with Gasteiger partial charge in [-0.25, -0.2) is 0 Å². The van der Waals surface area contributed by atoms with Crippen molar-refractivity contribution in [3.63, 3.8) is 0 Å². The zero-order chi connectivity index (χ0) is 14.7. The number of fused-ring (bicyclic) bond motifs is 1. The molecule has 2 aromatic carbocycles. The second kappa shape index (κ2) is 5.87. The van der Waals surface area contributed by atoms with Gasteiger partial charge in [-0.15, -0.1) is 0 Å². The summed E-state index contributed by atoms with van der Waals surface area (Å²) in [6, 6.07) is 13.7. The summed E-state index contributed by atoms with van der Waals surface area (Å²) in [4.78, 5) is 11.6. The van der Waals surface area contributed by atoms with Crippen LogP contribution in [-0.2, 0) is 16.0 Å². The first-order valence-electron chi connectivity index (χ1n) is 6.91.